The maximum atomic E-state index is 13.4. The molecule has 0 aliphatic carbocycles. The third-order valence-corrected chi connectivity index (χ3v) is 4.08. The number of aromatic amines is 1. The number of benzene rings is 1. The van der Waals surface area contributed by atoms with Gasteiger partial charge in [0.15, 0.2) is 0 Å². The van der Waals surface area contributed by atoms with E-state index in [4.69, 9.17) is 11.1 Å². The molecule has 106 valence electrons. The molecule has 2 rings (SSSR count). The van der Waals surface area contributed by atoms with Crippen molar-refractivity contribution in [3.63, 3.8) is 0 Å². The van der Waals surface area contributed by atoms with Gasteiger partial charge in [0.25, 0.3) is 10.0 Å². The quantitative estimate of drug-likeness (QED) is 0.495. The fourth-order valence-electron chi connectivity index (χ4n) is 1.62. The number of nitrogen functional groups attached to an aromatic ring is 1. The first-order chi connectivity index (χ1) is 9.31. The van der Waals surface area contributed by atoms with Crippen LogP contribution in [0.4, 0.5) is 10.1 Å². The SMILES string of the molecule is Cc1[nH]ncc1S(=O)(=O)Nc1ccc(F)c(C(=N)N)c1. The molecule has 5 N–H and O–H groups in total. The van der Waals surface area contributed by atoms with Gasteiger partial charge in [0.2, 0.25) is 0 Å². The average molecular weight is 297 g/mol. The number of nitrogens with two attached hydrogens (primary N) is 1. The number of rotatable bonds is 4. The summed E-state index contributed by atoms with van der Waals surface area (Å²) in [7, 11) is -3.83. The van der Waals surface area contributed by atoms with E-state index < -0.39 is 21.7 Å². The summed E-state index contributed by atoms with van der Waals surface area (Å²) in [5, 5.41) is 13.4. The molecule has 0 saturated heterocycles. The zero-order valence-corrected chi connectivity index (χ0v) is 11.3. The average Bonchev–Trinajstić information content (AvgIpc) is 2.78. The molecule has 0 radical (unpaired) electrons. The molecule has 7 nitrogen and oxygen atoms in total. The second-order valence-corrected chi connectivity index (χ2v) is 5.72. The highest BCUT2D eigenvalue weighted by Crippen LogP contribution is 2.19. The van der Waals surface area contributed by atoms with Crippen molar-refractivity contribution in [2.45, 2.75) is 11.8 Å². The zero-order chi connectivity index (χ0) is 14.9. The van der Waals surface area contributed by atoms with E-state index in [1.807, 2.05) is 0 Å². The number of hydrogen-bond acceptors (Lipinski definition) is 4. The molecule has 1 heterocycles. The van der Waals surface area contributed by atoms with E-state index in [2.05, 4.69) is 14.9 Å². The van der Waals surface area contributed by atoms with E-state index in [9.17, 15) is 12.8 Å². The van der Waals surface area contributed by atoms with Crippen LogP contribution < -0.4 is 10.5 Å². The van der Waals surface area contributed by atoms with Gasteiger partial charge in [-0.25, -0.2) is 12.8 Å². The second kappa shape index (κ2) is 4.93. The van der Waals surface area contributed by atoms with Crippen LogP contribution in [-0.4, -0.2) is 24.5 Å². The van der Waals surface area contributed by atoms with E-state index >= 15 is 0 Å². The summed E-state index contributed by atoms with van der Waals surface area (Å²) in [5.74, 6) is -1.18. The van der Waals surface area contributed by atoms with E-state index in [1.54, 1.807) is 6.92 Å². The molecule has 20 heavy (non-hydrogen) atoms. The molecule has 2 aromatic rings. The zero-order valence-electron chi connectivity index (χ0n) is 10.4. The fourth-order valence-corrected chi connectivity index (χ4v) is 2.80. The number of nitrogens with zero attached hydrogens (tertiary/aromatic N) is 1. The molecule has 0 aliphatic rings. The van der Waals surface area contributed by atoms with E-state index in [0.29, 0.717) is 5.69 Å². The van der Waals surface area contributed by atoms with Gasteiger partial charge in [-0.1, -0.05) is 0 Å². The van der Waals surface area contributed by atoms with E-state index in [-0.39, 0.29) is 16.1 Å². The van der Waals surface area contributed by atoms with Gasteiger partial charge >= 0.3 is 0 Å². The highest BCUT2D eigenvalue weighted by atomic mass is 32.2. The highest BCUT2D eigenvalue weighted by molar-refractivity contribution is 7.92. The first-order valence-electron chi connectivity index (χ1n) is 5.48. The van der Waals surface area contributed by atoms with Gasteiger partial charge in [0.05, 0.1) is 17.5 Å². The number of hydrogen-bond donors (Lipinski definition) is 4. The highest BCUT2D eigenvalue weighted by Gasteiger charge is 2.19. The molecule has 0 saturated carbocycles. The Balaban J connectivity index is 2.38. The number of H-pyrrole nitrogens is 1. The van der Waals surface area contributed by atoms with Crippen LogP contribution in [0.3, 0.4) is 0 Å². The van der Waals surface area contributed by atoms with Gasteiger partial charge in [-0.3, -0.25) is 15.2 Å². The molecule has 0 amide bonds. The molecule has 1 aromatic carbocycles. The topological polar surface area (TPSA) is 125 Å². The Morgan fingerprint density at radius 3 is 2.75 bits per heavy atom. The molecule has 0 aliphatic heterocycles. The van der Waals surface area contributed by atoms with Crippen molar-refractivity contribution in [2.75, 3.05) is 4.72 Å². The maximum absolute atomic E-state index is 13.4. The standard InChI is InChI=1S/C11H12FN5O2S/c1-6-10(5-15-16-6)20(18,19)17-7-2-3-9(12)8(4-7)11(13)14/h2-5,17H,1H3,(H3,13,14)(H,15,16). The second-order valence-electron chi connectivity index (χ2n) is 4.07. The van der Waals surface area contributed by atoms with Crippen LogP contribution in [0.1, 0.15) is 11.3 Å². The minimum absolute atomic E-state index is 0.00815. The van der Waals surface area contributed by atoms with Crippen LogP contribution in [-0.2, 0) is 10.0 Å². The van der Waals surface area contributed by atoms with Crippen molar-refractivity contribution >= 4 is 21.5 Å². The lowest BCUT2D eigenvalue weighted by Crippen LogP contribution is -2.16. The van der Waals surface area contributed by atoms with Crippen LogP contribution >= 0.6 is 0 Å². The maximum Gasteiger partial charge on any atom is 0.265 e. The van der Waals surface area contributed by atoms with Crippen molar-refractivity contribution in [2.24, 2.45) is 5.73 Å². The molecule has 0 bridgehead atoms. The Morgan fingerprint density at radius 1 is 1.50 bits per heavy atom. The van der Waals surface area contributed by atoms with E-state index in [1.165, 1.54) is 12.3 Å². The molecule has 1 aromatic heterocycles. The summed E-state index contributed by atoms with van der Waals surface area (Å²) < 4.78 is 39.9. The molecule has 9 heteroatoms. The van der Waals surface area contributed by atoms with Crippen molar-refractivity contribution in [1.82, 2.24) is 10.2 Å². The molecule has 0 spiro atoms. The lowest BCUT2D eigenvalue weighted by molar-refractivity contribution is 0.600. The monoisotopic (exact) mass is 297 g/mol. The predicted molar refractivity (Wildman–Crippen MR) is 71.5 cm³/mol. The van der Waals surface area contributed by atoms with Gasteiger partial charge in [0, 0.05) is 5.69 Å². The number of sulfonamides is 1. The Hall–Kier alpha value is -2.42. The van der Waals surface area contributed by atoms with Crippen LogP contribution in [0.25, 0.3) is 0 Å². The normalized spacial score (nSPS) is 11.3. The molecular formula is C11H12FN5O2S. The molecule has 0 atom stereocenters. The van der Waals surface area contributed by atoms with Gasteiger partial charge in [-0.2, -0.15) is 5.10 Å². The minimum Gasteiger partial charge on any atom is -0.384 e. The summed E-state index contributed by atoms with van der Waals surface area (Å²) in [5.41, 5.74) is 5.53. The third kappa shape index (κ3) is 2.62. The van der Waals surface area contributed by atoms with Crippen LogP contribution in [0.2, 0.25) is 0 Å². The smallest absolute Gasteiger partial charge is 0.265 e. The van der Waals surface area contributed by atoms with Crippen molar-refractivity contribution in [1.29, 1.82) is 5.41 Å². The molecule has 0 fully saturated rings. The lowest BCUT2D eigenvalue weighted by atomic mass is 10.2. The van der Waals surface area contributed by atoms with Gasteiger partial charge < -0.3 is 5.73 Å². The molecular weight excluding hydrogens is 285 g/mol. The summed E-state index contributed by atoms with van der Waals surface area (Å²) in [4.78, 5) is -0.00815. The Bertz CT molecular complexity index is 769. The van der Waals surface area contributed by atoms with Gasteiger partial charge in [-0.05, 0) is 25.1 Å². The van der Waals surface area contributed by atoms with Crippen LogP contribution in [0, 0.1) is 18.2 Å². The van der Waals surface area contributed by atoms with Crippen molar-refractivity contribution < 1.29 is 12.8 Å². The van der Waals surface area contributed by atoms with Crippen molar-refractivity contribution in [3.8, 4) is 0 Å². The van der Waals surface area contributed by atoms with Gasteiger partial charge in [0.1, 0.15) is 16.5 Å². The first kappa shape index (κ1) is 14.0. The molecule has 0 unspecified atom stereocenters. The van der Waals surface area contributed by atoms with Crippen LogP contribution in [0.15, 0.2) is 29.3 Å². The largest absolute Gasteiger partial charge is 0.384 e. The Morgan fingerprint density at radius 2 is 2.20 bits per heavy atom. The van der Waals surface area contributed by atoms with Crippen molar-refractivity contribution in [3.05, 3.63) is 41.5 Å². The number of anilines is 1. The summed E-state index contributed by atoms with van der Waals surface area (Å²) in [6.45, 7) is 1.56. The number of halogens is 1. The first-order valence-corrected chi connectivity index (χ1v) is 6.96. The summed E-state index contributed by atoms with van der Waals surface area (Å²) >= 11 is 0. The number of nitrogens with one attached hydrogen (secondary N) is 3. The lowest BCUT2D eigenvalue weighted by Gasteiger charge is -2.09. The summed E-state index contributed by atoms with van der Waals surface area (Å²) in [6, 6.07) is 3.44. The Kier molecular flexibility index (Phi) is 3.45. The predicted octanol–water partition coefficient (Wildman–Crippen LogP) is 0.942. The minimum atomic E-state index is -3.83. The third-order valence-electron chi connectivity index (χ3n) is 2.58. The number of aromatic nitrogens is 2. The summed E-state index contributed by atoms with van der Waals surface area (Å²) in [6.07, 6.45) is 1.17. The van der Waals surface area contributed by atoms with E-state index in [0.717, 1.165) is 12.1 Å². The Labute approximate surface area is 114 Å². The van der Waals surface area contributed by atoms with Gasteiger partial charge in [-0.15, -0.1) is 0 Å². The van der Waals surface area contributed by atoms with Crippen LogP contribution in [0.5, 0.6) is 0 Å². The number of amidine groups is 1. The number of aryl methyl sites for hydroxylation is 1. The fraction of sp³-hybridized carbons (Fsp3) is 0.0909.